The summed E-state index contributed by atoms with van der Waals surface area (Å²) in [6.45, 7) is 5.00. The van der Waals surface area contributed by atoms with Crippen molar-refractivity contribution in [2.75, 3.05) is 26.3 Å². The molecule has 0 aliphatic carbocycles. The number of morpholine rings is 1. The largest absolute Gasteiger partial charge is 0.480 e. The van der Waals surface area contributed by atoms with E-state index in [-0.39, 0.29) is 12.6 Å². The summed E-state index contributed by atoms with van der Waals surface area (Å²) >= 11 is 0. The van der Waals surface area contributed by atoms with Crippen molar-refractivity contribution < 1.29 is 19.4 Å². The molecule has 17 heavy (non-hydrogen) atoms. The lowest BCUT2D eigenvalue weighted by atomic mass is 10.2. The Balaban J connectivity index is 2.53. The quantitative estimate of drug-likeness (QED) is 0.704. The van der Waals surface area contributed by atoms with Gasteiger partial charge in [0, 0.05) is 13.1 Å². The molecule has 2 N–H and O–H groups in total. The number of urea groups is 1. The molecule has 0 aromatic heterocycles. The van der Waals surface area contributed by atoms with E-state index in [2.05, 4.69) is 5.32 Å². The summed E-state index contributed by atoms with van der Waals surface area (Å²) in [7, 11) is 0. The van der Waals surface area contributed by atoms with Gasteiger partial charge in [0.2, 0.25) is 0 Å². The number of carbonyl (C=O) groups excluding carboxylic acids is 1. The Morgan fingerprint density at radius 2 is 2.24 bits per heavy atom. The van der Waals surface area contributed by atoms with Crippen molar-refractivity contribution in [3.63, 3.8) is 0 Å². The predicted octanol–water partition coefficient (Wildman–Crippen LogP) is 0.448. The average molecular weight is 242 g/mol. The summed E-state index contributed by atoms with van der Waals surface area (Å²) < 4.78 is 5.05. The van der Waals surface area contributed by atoms with Gasteiger partial charge in [0.25, 0.3) is 0 Å². The van der Waals surface area contributed by atoms with Gasteiger partial charge < -0.3 is 20.1 Å². The van der Waals surface area contributed by atoms with Crippen molar-refractivity contribution in [1.82, 2.24) is 10.2 Å². The van der Waals surface area contributed by atoms with Crippen LogP contribution in [0.5, 0.6) is 0 Å². The number of allylic oxidation sites excluding steroid dienone is 1. The summed E-state index contributed by atoms with van der Waals surface area (Å²) in [5.41, 5.74) is 1.10. The molecule has 96 valence electrons. The molecule has 1 aliphatic heterocycles. The molecule has 6 heteroatoms. The highest BCUT2D eigenvalue weighted by Crippen LogP contribution is 2.07. The second-order valence-electron chi connectivity index (χ2n) is 4.09. The lowest BCUT2D eigenvalue weighted by Crippen LogP contribution is -2.55. The van der Waals surface area contributed by atoms with E-state index in [1.165, 1.54) is 4.90 Å². The molecular weight excluding hydrogens is 224 g/mol. The SMILES string of the molecule is CC(C)=CCNC(=O)N1CCOCC1C(=O)O. The number of nitrogens with zero attached hydrogens (tertiary/aromatic N) is 1. The van der Waals surface area contributed by atoms with Crippen LogP contribution in [0.1, 0.15) is 13.8 Å². The fourth-order valence-corrected chi connectivity index (χ4v) is 1.50. The molecular formula is C11H18N2O4. The standard InChI is InChI=1S/C11H18N2O4/c1-8(2)3-4-12-11(16)13-5-6-17-7-9(13)10(14)15/h3,9H,4-7H2,1-2H3,(H,12,16)(H,14,15). The zero-order valence-corrected chi connectivity index (χ0v) is 10.1. The number of nitrogens with one attached hydrogen (secondary N) is 1. The maximum Gasteiger partial charge on any atom is 0.328 e. The molecule has 0 radical (unpaired) electrons. The second-order valence-corrected chi connectivity index (χ2v) is 4.09. The third-order valence-electron chi connectivity index (χ3n) is 2.44. The van der Waals surface area contributed by atoms with E-state index in [1.807, 2.05) is 19.9 Å². The van der Waals surface area contributed by atoms with Gasteiger partial charge >= 0.3 is 12.0 Å². The van der Waals surface area contributed by atoms with Gasteiger partial charge in [-0.2, -0.15) is 0 Å². The van der Waals surface area contributed by atoms with Gasteiger partial charge in [-0.25, -0.2) is 9.59 Å². The minimum atomic E-state index is -1.04. The van der Waals surface area contributed by atoms with Crippen molar-refractivity contribution in [2.45, 2.75) is 19.9 Å². The summed E-state index contributed by atoms with van der Waals surface area (Å²) in [6, 6.07) is -1.26. The van der Waals surface area contributed by atoms with Crippen LogP contribution in [-0.4, -0.2) is 54.4 Å². The normalized spacial score (nSPS) is 19.6. The lowest BCUT2D eigenvalue weighted by molar-refractivity contribution is -0.147. The first-order valence-electron chi connectivity index (χ1n) is 5.50. The molecule has 1 atom stereocenters. The summed E-state index contributed by atoms with van der Waals surface area (Å²) in [5.74, 6) is -1.04. The Morgan fingerprint density at radius 1 is 1.53 bits per heavy atom. The molecule has 6 nitrogen and oxygen atoms in total. The molecule has 1 unspecified atom stereocenters. The third-order valence-corrected chi connectivity index (χ3v) is 2.44. The number of amides is 2. The molecule has 1 rings (SSSR count). The van der Waals surface area contributed by atoms with E-state index < -0.39 is 12.0 Å². The van der Waals surface area contributed by atoms with E-state index in [9.17, 15) is 9.59 Å². The molecule has 0 aromatic rings. The summed E-state index contributed by atoms with van der Waals surface area (Å²) in [4.78, 5) is 24.0. The Morgan fingerprint density at radius 3 is 2.82 bits per heavy atom. The van der Waals surface area contributed by atoms with Gasteiger partial charge in [-0.3, -0.25) is 0 Å². The van der Waals surface area contributed by atoms with Gasteiger partial charge in [0.15, 0.2) is 6.04 Å². The number of hydrogen-bond donors (Lipinski definition) is 2. The van der Waals surface area contributed by atoms with Crippen LogP contribution in [0.15, 0.2) is 11.6 Å². The van der Waals surface area contributed by atoms with Crippen LogP contribution in [0, 0.1) is 0 Å². The molecule has 1 saturated heterocycles. The van der Waals surface area contributed by atoms with Crippen molar-refractivity contribution in [2.24, 2.45) is 0 Å². The minimum absolute atomic E-state index is 0.0470. The van der Waals surface area contributed by atoms with E-state index in [1.54, 1.807) is 0 Å². The topological polar surface area (TPSA) is 78.9 Å². The van der Waals surface area contributed by atoms with Crippen LogP contribution < -0.4 is 5.32 Å². The first-order chi connectivity index (χ1) is 8.02. The molecule has 0 aromatic carbocycles. The monoisotopic (exact) mass is 242 g/mol. The van der Waals surface area contributed by atoms with E-state index in [0.717, 1.165) is 5.57 Å². The number of hydrogen-bond acceptors (Lipinski definition) is 3. The van der Waals surface area contributed by atoms with Gasteiger partial charge in [-0.15, -0.1) is 0 Å². The van der Waals surface area contributed by atoms with Gasteiger partial charge in [0.05, 0.1) is 13.2 Å². The lowest BCUT2D eigenvalue weighted by Gasteiger charge is -2.32. The van der Waals surface area contributed by atoms with Crippen LogP contribution in [-0.2, 0) is 9.53 Å². The minimum Gasteiger partial charge on any atom is -0.480 e. The second kappa shape index (κ2) is 6.24. The van der Waals surface area contributed by atoms with Crippen LogP contribution in [0.4, 0.5) is 4.79 Å². The number of carboxylic acid groups (broad SMARTS) is 1. The number of carboxylic acids is 1. The zero-order valence-electron chi connectivity index (χ0n) is 10.1. The molecule has 0 saturated carbocycles. The maximum atomic E-state index is 11.8. The van der Waals surface area contributed by atoms with E-state index >= 15 is 0 Å². The summed E-state index contributed by atoms with van der Waals surface area (Å²) in [6.07, 6.45) is 1.87. The third kappa shape index (κ3) is 4.07. The van der Waals surface area contributed by atoms with Crippen LogP contribution in [0.3, 0.4) is 0 Å². The fourth-order valence-electron chi connectivity index (χ4n) is 1.50. The molecule has 2 amide bonds. The maximum absolute atomic E-state index is 11.8. The Bertz CT molecular complexity index is 323. The smallest absolute Gasteiger partial charge is 0.328 e. The molecule has 1 heterocycles. The highest BCUT2D eigenvalue weighted by molar-refractivity contribution is 5.83. The highest BCUT2D eigenvalue weighted by Gasteiger charge is 2.32. The Kier molecular flexibility index (Phi) is 4.96. The van der Waals surface area contributed by atoms with Crippen molar-refractivity contribution in [1.29, 1.82) is 0 Å². The molecule has 1 aliphatic rings. The van der Waals surface area contributed by atoms with Crippen molar-refractivity contribution in [3.8, 4) is 0 Å². The van der Waals surface area contributed by atoms with Crippen LogP contribution in [0.2, 0.25) is 0 Å². The number of carbonyl (C=O) groups is 2. The molecule has 0 bridgehead atoms. The first-order valence-corrected chi connectivity index (χ1v) is 5.50. The average Bonchev–Trinajstić information content (AvgIpc) is 2.28. The zero-order chi connectivity index (χ0) is 12.8. The predicted molar refractivity (Wildman–Crippen MR) is 61.8 cm³/mol. The Hall–Kier alpha value is -1.56. The molecule has 0 spiro atoms. The number of rotatable bonds is 3. The highest BCUT2D eigenvalue weighted by atomic mass is 16.5. The van der Waals surface area contributed by atoms with Crippen LogP contribution in [0.25, 0.3) is 0 Å². The van der Waals surface area contributed by atoms with Gasteiger partial charge in [-0.05, 0) is 13.8 Å². The fraction of sp³-hybridized carbons (Fsp3) is 0.636. The van der Waals surface area contributed by atoms with Gasteiger partial charge in [0.1, 0.15) is 0 Å². The van der Waals surface area contributed by atoms with Crippen molar-refractivity contribution >= 4 is 12.0 Å². The van der Waals surface area contributed by atoms with Crippen LogP contribution >= 0.6 is 0 Å². The van der Waals surface area contributed by atoms with E-state index in [4.69, 9.17) is 9.84 Å². The number of aliphatic carboxylic acids is 1. The first kappa shape index (κ1) is 13.5. The number of ether oxygens (including phenoxy) is 1. The summed E-state index contributed by atoms with van der Waals surface area (Å²) in [5, 5.41) is 11.6. The molecule has 1 fully saturated rings. The van der Waals surface area contributed by atoms with Crippen molar-refractivity contribution in [3.05, 3.63) is 11.6 Å². The van der Waals surface area contributed by atoms with Gasteiger partial charge in [-0.1, -0.05) is 11.6 Å². The van der Waals surface area contributed by atoms with E-state index in [0.29, 0.717) is 19.7 Å². The Labute approximate surface area is 100 Å².